The molecule has 0 aliphatic heterocycles. The number of benzene rings is 2. The van der Waals surface area contributed by atoms with E-state index >= 15 is 0 Å². The summed E-state index contributed by atoms with van der Waals surface area (Å²) in [6.07, 6.45) is 5.60. The van der Waals surface area contributed by atoms with Crippen molar-refractivity contribution >= 4 is 27.5 Å². The molecule has 0 atom stereocenters. The predicted octanol–water partition coefficient (Wildman–Crippen LogP) is 5.30. The fraction of sp³-hybridized carbons (Fsp3) is 0.333. The molecule has 2 aromatic carbocycles. The van der Waals surface area contributed by atoms with Gasteiger partial charge in [0, 0.05) is 12.0 Å². The van der Waals surface area contributed by atoms with Crippen LogP contribution in [0, 0.1) is 0 Å². The Morgan fingerprint density at radius 2 is 2.04 bits per heavy atom. The van der Waals surface area contributed by atoms with E-state index in [0.29, 0.717) is 6.42 Å². The lowest BCUT2D eigenvalue weighted by molar-refractivity contribution is -0.136. The third-order valence-corrected chi connectivity index (χ3v) is 5.70. The maximum atomic E-state index is 10.9. The van der Waals surface area contributed by atoms with Crippen LogP contribution in [0.3, 0.4) is 0 Å². The smallest absolute Gasteiger partial charge is 0.303 e. The number of aliphatic carboxylic acids is 1. The molecule has 1 heterocycles. The largest absolute Gasteiger partial charge is 0.490 e. The number of hydrogen-bond donors (Lipinski definition) is 1. The molecule has 0 unspecified atom stereocenters. The maximum absolute atomic E-state index is 10.9. The van der Waals surface area contributed by atoms with Crippen molar-refractivity contribution in [1.29, 1.82) is 0 Å². The van der Waals surface area contributed by atoms with E-state index in [1.165, 1.54) is 12.8 Å². The molecule has 1 aromatic heterocycles. The molecule has 5 heteroatoms. The van der Waals surface area contributed by atoms with Crippen molar-refractivity contribution in [2.45, 2.75) is 44.6 Å². The molecule has 4 nitrogen and oxygen atoms in total. The number of fused-ring (bicyclic) bond motifs is 1. The topological polar surface area (TPSA) is 59.4 Å². The minimum absolute atomic E-state index is 0.135. The minimum atomic E-state index is -0.774. The summed E-state index contributed by atoms with van der Waals surface area (Å²) in [5, 5.41) is 8.97. The van der Waals surface area contributed by atoms with E-state index < -0.39 is 5.97 Å². The molecule has 1 saturated carbocycles. The summed E-state index contributed by atoms with van der Waals surface area (Å²) >= 11 is 1.62. The van der Waals surface area contributed by atoms with Gasteiger partial charge in [0.1, 0.15) is 5.75 Å². The summed E-state index contributed by atoms with van der Waals surface area (Å²) in [6.45, 7) is 0. The number of hydrogen-bond acceptors (Lipinski definition) is 4. The first-order valence-corrected chi connectivity index (χ1v) is 9.92. The monoisotopic (exact) mass is 367 g/mol. The fourth-order valence-corrected chi connectivity index (χ4v) is 4.24. The molecule has 0 saturated heterocycles. The lowest BCUT2D eigenvalue weighted by Crippen LogP contribution is -2.11. The number of carboxylic acid groups (broad SMARTS) is 1. The van der Waals surface area contributed by atoms with Gasteiger partial charge in [0.25, 0.3) is 0 Å². The third-order valence-electron chi connectivity index (χ3n) is 4.91. The van der Waals surface area contributed by atoms with Crippen molar-refractivity contribution in [3.05, 3.63) is 47.5 Å². The fourth-order valence-electron chi connectivity index (χ4n) is 3.52. The Labute approximate surface area is 156 Å². The molecular formula is C21H21NO3S. The Bertz CT molecular complexity index is 928. The van der Waals surface area contributed by atoms with Gasteiger partial charge >= 0.3 is 5.97 Å². The van der Waals surface area contributed by atoms with Gasteiger partial charge in [0.05, 0.1) is 21.8 Å². The first kappa shape index (κ1) is 17.0. The zero-order chi connectivity index (χ0) is 17.9. The van der Waals surface area contributed by atoms with Crippen LogP contribution < -0.4 is 4.74 Å². The van der Waals surface area contributed by atoms with Crippen LogP contribution in [-0.4, -0.2) is 22.2 Å². The molecular weight excluding hydrogens is 346 g/mol. The van der Waals surface area contributed by atoms with Crippen LogP contribution in [0.1, 0.15) is 37.7 Å². The van der Waals surface area contributed by atoms with Crippen molar-refractivity contribution in [2.75, 3.05) is 0 Å². The number of thiazole rings is 1. The summed E-state index contributed by atoms with van der Waals surface area (Å²) in [5.41, 5.74) is 6.00. The van der Waals surface area contributed by atoms with E-state index in [0.717, 1.165) is 45.5 Å². The van der Waals surface area contributed by atoms with Crippen LogP contribution >= 0.6 is 11.3 Å². The average molecular weight is 367 g/mol. The highest BCUT2D eigenvalue weighted by atomic mass is 32.1. The van der Waals surface area contributed by atoms with Crippen LogP contribution in [0.4, 0.5) is 0 Å². The minimum Gasteiger partial charge on any atom is -0.490 e. The third kappa shape index (κ3) is 3.73. The second-order valence-electron chi connectivity index (χ2n) is 6.78. The first-order valence-electron chi connectivity index (χ1n) is 9.04. The van der Waals surface area contributed by atoms with Crippen LogP contribution in [0.2, 0.25) is 0 Å². The number of nitrogens with zero attached hydrogens (tertiary/aromatic N) is 1. The van der Waals surface area contributed by atoms with Crippen molar-refractivity contribution in [1.82, 2.24) is 4.98 Å². The summed E-state index contributed by atoms with van der Waals surface area (Å²) in [6, 6.07) is 12.3. The molecule has 1 N–H and O–H groups in total. The Balaban J connectivity index is 1.71. The van der Waals surface area contributed by atoms with Crippen LogP contribution in [0.15, 0.2) is 41.9 Å². The SMILES string of the molecule is O=C(O)CCc1ccc(OC2CCCC2)c(-c2ccc3ncsc3c2)c1. The number of ether oxygens (including phenoxy) is 1. The molecule has 0 bridgehead atoms. The molecule has 0 amide bonds. The molecule has 1 aliphatic carbocycles. The lowest BCUT2D eigenvalue weighted by atomic mass is 9.99. The normalized spacial score (nSPS) is 14.8. The molecule has 134 valence electrons. The predicted molar refractivity (Wildman–Crippen MR) is 104 cm³/mol. The first-order chi connectivity index (χ1) is 12.7. The lowest BCUT2D eigenvalue weighted by Gasteiger charge is -2.18. The molecule has 3 aromatic rings. The Morgan fingerprint density at radius 1 is 1.19 bits per heavy atom. The van der Waals surface area contributed by atoms with Gasteiger partial charge in [0.2, 0.25) is 0 Å². The van der Waals surface area contributed by atoms with E-state index in [9.17, 15) is 4.79 Å². The van der Waals surface area contributed by atoms with Gasteiger partial charge in [0.15, 0.2) is 0 Å². The average Bonchev–Trinajstić information content (AvgIpc) is 3.31. The Kier molecular flexibility index (Phi) is 4.89. The van der Waals surface area contributed by atoms with E-state index in [1.807, 2.05) is 23.7 Å². The Hall–Kier alpha value is -2.40. The van der Waals surface area contributed by atoms with Gasteiger partial charge in [-0.15, -0.1) is 11.3 Å². The second-order valence-corrected chi connectivity index (χ2v) is 7.67. The number of aryl methyl sites for hydroxylation is 1. The van der Waals surface area contributed by atoms with Crippen LogP contribution in [-0.2, 0) is 11.2 Å². The van der Waals surface area contributed by atoms with E-state index in [1.54, 1.807) is 11.3 Å². The van der Waals surface area contributed by atoms with Crippen LogP contribution in [0.5, 0.6) is 5.75 Å². The van der Waals surface area contributed by atoms with Gasteiger partial charge in [-0.25, -0.2) is 4.98 Å². The molecule has 4 rings (SSSR count). The standard InChI is InChI=1S/C21H21NO3S/c23-21(24)10-6-14-5-9-19(25-16-3-1-2-4-16)17(11-14)15-7-8-18-20(12-15)26-13-22-18/h5,7-9,11-13,16H,1-4,6,10H2,(H,23,24). The highest BCUT2D eigenvalue weighted by Gasteiger charge is 2.19. The zero-order valence-electron chi connectivity index (χ0n) is 14.5. The van der Waals surface area contributed by atoms with Crippen molar-refractivity contribution in [3.63, 3.8) is 0 Å². The molecule has 1 aliphatic rings. The highest BCUT2D eigenvalue weighted by Crippen LogP contribution is 2.36. The van der Waals surface area contributed by atoms with Crippen molar-refractivity contribution in [3.8, 4) is 16.9 Å². The molecule has 26 heavy (non-hydrogen) atoms. The van der Waals surface area contributed by atoms with E-state index in [-0.39, 0.29) is 12.5 Å². The Morgan fingerprint density at radius 3 is 2.85 bits per heavy atom. The van der Waals surface area contributed by atoms with Gasteiger partial charge in [-0.2, -0.15) is 0 Å². The summed E-state index contributed by atoms with van der Waals surface area (Å²) in [4.78, 5) is 15.3. The summed E-state index contributed by atoms with van der Waals surface area (Å²) in [7, 11) is 0. The van der Waals surface area contributed by atoms with Crippen molar-refractivity contribution in [2.24, 2.45) is 0 Å². The van der Waals surface area contributed by atoms with E-state index in [4.69, 9.17) is 9.84 Å². The zero-order valence-corrected chi connectivity index (χ0v) is 15.3. The number of carbonyl (C=O) groups is 1. The van der Waals surface area contributed by atoms with Crippen molar-refractivity contribution < 1.29 is 14.6 Å². The quantitative estimate of drug-likeness (QED) is 0.642. The van der Waals surface area contributed by atoms with E-state index in [2.05, 4.69) is 23.2 Å². The maximum Gasteiger partial charge on any atom is 0.303 e. The number of rotatable bonds is 6. The summed E-state index contributed by atoms with van der Waals surface area (Å²) < 4.78 is 7.45. The van der Waals surface area contributed by atoms with Gasteiger partial charge in [-0.3, -0.25) is 4.79 Å². The molecule has 0 radical (unpaired) electrons. The number of aromatic nitrogens is 1. The van der Waals surface area contributed by atoms with Gasteiger partial charge in [-0.05, 0) is 67.5 Å². The summed E-state index contributed by atoms with van der Waals surface area (Å²) in [5.74, 6) is 0.115. The van der Waals surface area contributed by atoms with Gasteiger partial charge in [-0.1, -0.05) is 12.1 Å². The van der Waals surface area contributed by atoms with Gasteiger partial charge < -0.3 is 9.84 Å². The number of carboxylic acids is 1. The second kappa shape index (κ2) is 7.46. The molecule has 1 fully saturated rings. The van der Waals surface area contributed by atoms with Crippen LogP contribution in [0.25, 0.3) is 21.3 Å². The highest BCUT2D eigenvalue weighted by molar-refractivity contribution is 7.16. The molecule has 0 spiro atoms.